The van der Waals surface area contributed by atoms with Gasteiger partial charge in [-0.15, -0.1) is 0 Å². The second-order valence-electron chi connectivity index (χ2n) is 5.38. The fourth-order valence-corrected chi connectivity index (χ4v) is 3.49. The van der Waals surface area contributed by atoms with Gasteiger partial charge in [0.15, 0.2) is 0 Å². The fraction of sp³-hybridized carbons (Fsp3) is 0.857. The number of thioether (sulfide) groups is 1. The van der Waals surface area contributed by atoms with Crippen molar-refractivity contribution in [3.63, 3.8) is 0 Å². The van der Waals surface area contributed by atoms with Crippen molar-refractivity contribution in [3.8, 4) is 0 Å². The summed E-state index contributed by atoms with van der Waals surface area (Å²) in [6.45, 7) is 4.04. The van der Waals surface area contributed by atoms with Crippen LogP contribution in [0, 0.1) is 5.92 Å². The normalized spacial score (nSPS) is 26.9. The van der Waals surface area contributed by atoms with Crippen LogP contribution in [0.15, 0.2) is 0 Å². The lowest BCUT2D eigenvalue weighted by molar-refractivity contribution is -0.151. The van der Waals surface area contributed by atoms with Gasteiger partial charge in [0.25, 0.3) is 0 Å². The van der Waals surface area contributed by atoms with Gasteiger partial charge in [-0.3, -0.25) is 4.79 Å². The zero-order valence-electron chi connectivity index (χ0n) is 11.9. The van der Waals surface area contributed by atoms with E-state index >= 15 is 0 Å². The van der Waals surface area contributed by atoms with Crippen molar-refractivity contribution in [1.82, 2.24) is 5.32 Å². The molecule has 0 bridgehead atoms. The van der Waals surface area contributed by atoms with Gasteiger partial charge in [-0.25, -0.2) is 4.79 Å². The number of carboxylic acid groups (broad SMARTS) is 1. The van der Waals surface area contributed by atoms with Gasteiger partial charge >= 0.3 is 5.97 Å². The molecule has 1 aliphatic rings. The predicted molar refractivity (Wildman–Crippen MR) is 78.4 cm³/mol. The Kier molecular flexibility index (Phi) is 6.69. The molecule has 1 rings (SSSR count). The number of carbonyl (C=O) groups is 2. The highest BCUT2D eigenvalue weighted by molar-refractivity contribution is 7.99. The zero-order valence-corrected chi connectivity index (χ0v) is 12.7. The molecule has 0 aromatic carbocycles. The number of rotatable bonds is 7. The number of hydrogen-bond acceptors (Lipinski definition) is 3. The lowest BCUT2D eigenvalue weighted by atomic mass is 9.73. The Morgan fingerprint density at radius 3 is 2.74 bits per heavy atom. The minimum absolute atomic E-state index is 0.00309. The maximum atomic E-state index is 11.9. The first-order valence-corrected chi connectivity index (χ1v) is 8.30. The number of hydrogen-bond donors (Lipinski definition) is 2. The van der Waals surface area contributed by atoms with Crippen molar-refractivity contribution >= 4 is 23.6 Å². The maximum absolute atomic E-state index is 11.9. The number of carbonyl (C=O) groups excluding carboxylic acids is 1. The van der Waals surface area contributed by atoms with E-state index in [9.17, 15) is 14.7 Å². The Bertz CT molecular complexity index is 322. The third kappa shape index (κ3) is 4.41. The number of carboxylic acids is 1. The average molecular weight is 287 g/mol. The predicted octanol–water partition coefficient (Wildman–Crippen LogP) is 2.67. The average Bonchev–Trinajstić information content (AvgIpc) is 2.37. The van der Waals surface area contributed by atoms with E-state index in [0.717, 1.165) is 37.9 Å². The summed E-state index contributed by atoms with van der Waals surface area (Å²) in [5.74, 6) is 0.300. The van der Waals surface area contributed by atoms with E-state index in [4.69, 9.17) is 0 Å². The number of unbranched alkanes of at least 4 members (excludes halogenated alkanes) is 1. The number of amides is 1. The second kappa shape index (κ2) is 7.78. The first kappa shape index (κ1) is 16.3. The van der Waals surface area contributed by atoms with Crippen LogP contribution < -0.4 is 5.32 Å². The van der Waals surface area contributed by atoms with Crippen LogP contribution in [0.3, 0.4) is 0 Å². The fourth-order valence-electron chi connectivity index (χ4n) is 2.60. The summed E-state index contributed by atoms with van der Waals surface area (Å²) in [6.07, 6.45) is 5.56. The smallest absolute Gasteiger partial charge is 0.329 e. The third-order valence-corrected chi connectivity index (χ3v) is 4.96. The van der Waals surface area contributed by atoms with Gasteiger partial charge in [0.2, 0.25) is 5.91 Å². The summed E-state index contributed by atoms with van der Waals surface area (Å²) >= 11 is 1.58. The van der Waals surface area contributed by atoms with Gasteiger partial charge in [0.1, 0.15) is 5.54 Å². The molecule has 110 valence electrons. The maximum Gasteiger partial charge on any atom is 0.329 e. The Morgan fingerprint density at radius 2 is 2.16 bits per heavy atom. The Balaban J connectivity index is 2.53. The lowest BCUT2D eigenvalue weighted by Crippen LogP contribution is -2.60. The highest BCUT2D eigenvalue weighted by atomic mass is 32.2. The molecule has 0 aliphatic heterocycles. The Morgan fingerprint density at radius 1 is 1.42 bits per heavy atom. The van der Waals surface area contributed by atoms with Crippen LogP contribution in [0.1, 0.15) is 52.4 Å². The van der Waals surface area contributed by atoms with Crippen molar-refractivity contribution < 1.29 is 14.7 Å². The molecule has 0 aromatic rings. The molecule has 19 heavy (non-hydrogen) atoms. The lowest BCUT2D eigenvalue weighted by Gasteiger charge is -2.39. The van der Waals surface area contributed by atoms with E-state index in [2.05, 4.69) is 12.2 Å². The monoisotopic (exact) mass is 287 g/mol. The third-order valence-electron chi connectivity index (χ3n) is 3.92. The van der Waals surface area contributed by atoms with Gasteiger partial charge in [-0.1, -0.05) is 33.1 Å². The van der Waals surface area contributed by atoms with Crippen molar-refractivity contribution in [2.24, 2.45) is 5.92 Å². The molecule has 1 fully saturated rings. The molecule has 2 unspecified atom stereocenters. The van der Waals surface area contributed by atoms with Gasteiger partial charge in [-0.2, -0.15) is 11.8 Å². The molecular formula is C14H25NO3S. The van der Waals surface area contributed by atoms with Crippen molar-refractivity contribution in [3.05, 3.63) is 0 Å². The standard InChI is InChI=1S/C14H25NO3S/c1-3-4-9-19-10-12(16)15-14(13(17)18)8-6-5-7-11(14)2/h11H,3-10H2,1-2H3,(H,15,16)(H,17,18). The SMILES string of the molecule is CCCCSCC(=O)NC1(C(=O)O)CCCCC1C. The molecule has 4 nitrogen and oxygen atoms in total. The van der Waals surface area contributed by atoms with E-state index in [1.165, 1.54) is 0 Å². The molecule has 0 aromatic heterocycles. The van der Waals surface area contributed by atoms with Crippen LogP contribution in [0.5, 0.6) is 0 Å². The van der Waals surface area contributed by atoms with Crippen LogP contribution in [0.2, 0.25) is 0 Å². The molecule has 1 saturated carbocycles. The topological polar surface area (TPSA) is 66.4 Å². The summed E-state index contributed by atoms with van der Waals surface area (Å²) in [4.78, 5) is 23.5. The van der Waals surface area contributed by atoms with E-state index in [-0.39, 0.29) is 11.8 Å². The minimum atomic E-state index is -1.04. The van der Waals surface area contributed by atoms with Crippen LogP contribution in [0.25, 0.3) is 0 Å². The molecule has 1 amide bonds. The largest absolute Gasteiger partial charge is 0.479 e. The first-order valence-electron chi connectivity index (χ1n) is 7.15. The number of aliphatic carboxylic acids is 1. The summed E-state index contributed by atoms with van der Waals surface area (Å²) in [5.41, 5.74) is -1.04. The molecule has 2 N–H and O–H groups in total. The minimum Gasteiger partial charge on any atom is -0.479 e. The van der Waals surface area contributed by atoms with E-state index in [1.807, 2.05) is 6.92 Å². The molecule has 0 radical (unpaired) electrons. The Labute approximate surface area is 119 Å². The van der Waals surface area contributed by atoms with Crippen LogP contribution >= 0.6 is 11.8 Å². The van der Waals surface area contributed by atoms with Gasteiger partial charge in [0.05, 0.1) is 5.75 Å². The summed E-state index contributed by atoms with van der Waals surface area (Å²) in [7, 11) is 0. The molecule has 1 aliphatic carbocycles. The summed E-state index contributed by atoms with van der Waals surface area (Å²) in [5, 5.41) is 12.3. The van der Waals surface area contributed by atoms with Gasteiger partial charge in [0, 0.05) is 0 Å². The second-order valence-corrected chi connectivity index (χ2v) is 6.48. The van der Waals surface area contributed by atoms with E-state index in [1.54, 1.807) is 11.8 Å². The first-order chi connectivity index (χ1) is 9.03. The van der Waals surface area contributed by atoms with Crippen molar-refractivity contribution in [2.75, 3.05) is 11.5 Å². The molecular weight excluding hydrogens is 262 g/mol. The summed E-state index contributed by atoms with van der Waals surface area (Å²) in [6, 6.07) is 0. The highest BCUT2D eigenvalue weighted by Crippen LogP contribution is 2.34. The van der Waals surface area contributed by atoms with Crippen LogP contribution in [-0.2, 0) is 9.59 Å². The van der Waals surface area contributed by atoms with Gasteiger partial charge in [-0.05, 0) is 30.9 Å². The molecule has 0 heterocycles. The van der Waals surface area contributed by atoms with Crippen LogP contribution in [0.4, 0.5) is 0 Å². The molecule has 0 saturated heterocycles. The summed E-state index contributed by atoms with van der Waals surface area (Å²) < 4.78 is 0. The van der Waals surface area contributed by atoms with Crippen LogP contribution in [-0.4, -0.2) is 34.0 Å². The van der Waals surface area contributed by atoms with Crippen molar-refractivity contribution in [1.29, 1.82) is 0 Å². The number of nitrogens with one attached hydrogen (secondary N) is 1. The quantitative estimate of drug-likeness (QED) is 0.707. The highest BCUT2D eigenvalue weighted by Gasteiger charge is 2.46. The van der Waals surface area contributed by atoms with Gasteiger partial charge < -0.3 is 10.4 Å². The van der Waals surface area contributed by atoms with E-state index < -0.39 is 11.5 Å². The van der Waals surface area contributed by atoms with E-state index in [0.29, 0.717) is 12.2 Å². The zero-order chi connectivity index (χ0) is 14.3. The Hall–Kier alpha value is -0.710. The molecule has 0 spiro atoms. The molecule has 2 atom stereocenters. The van der Waals surface area contributed by atoms with Crippen molar-refractivity contribution in [2.45, 2.75) is 57.9 Å². The molecule has 5 heteroatoms.